The van der Waals surface area contributed by atoms with E-state index in [2.05, 4.69) is 0 Å². The van der Waals surface area contributed by atoms with Gasteiger partial charge >= 0.3 is 6.09 Å². The van der Waals surface area contributed by atoms with Gasteiger partial charge in [-0.2, -0.15) is 5.26 Å². The largest absolute Gasteiger partial charge is 0.444 e. The number of nitrogens with zero attached hydrogens (tertiary/aromatic N) is 2. The molecule has 1 aliphatic rings. The maximum Gasteiger partial charge on any atom is 0.410 e. The zero-order valence-corrected chi connectivity index (χ0v) is 8.79. The van der Waals surface area contributed by atoms with Crippen LogP contribution in [0.15, 0.2) is 0 Å². The number of likely N-dealkylation sites (tertiary alicyclic amines) is 1. The van der Waals surface area contributed by atoms with Crippen molar-refractivity contribution in [3.05, 3.63) is 0 Å². The van der Waals surface area contributed by atoms with E-state index in [-0.39, 0.29) is 4.90 Å². The van der Waals surface area contributed by atoms with Gasteiger partial charge in [-0.3, -0.25) is 0 Å². The Morgan fingerprint density at radius 2 is 2.07 bits per heavy atom. The first-order valence-corrected chi connectivity index (χ1v) is 4.37. The van der Waals surface area contributed by atoms with E-state index >= 15 is 0 Å². The lowest BCUT2D eigenvalue weighted by Gasteiger charge is -2.31. The molecule has 1 aliphatic heterocycles. The predicted octanol–water partition coefficient (Wildman–Crippen LogP) is 2.16. The Balaban J connectivity index is 3.56. The number of ether oxygens (including phenoxy) is 1. The number of rotatable bonds is 0. The van der Waals surface area contributed by atoms with Crippen LogP contribution in [0.3, 0.4) is 0 Å². The summed E-state index contributed by atoms with van der Waals surface area (Å²) in [7, 11) is 0. The zero-order valence-electron chi connectivity index (χ0n) is 16.8. The molecule has 1 amide bonds. The molecule has 0 saturated carbocycles. The van der Waals surface area contributed by atoms with Crippen LogP contribution in [0.5, 0.6) is 0 Å². The fraction of sp³-hybridized carbons (Fsp3) is 0.818. The molecule has 0 atom stereocenters. The van der Waals surface area contributed by atoms with Gasteiger partial charge in [0.15, 0.2) is 0 Å². The van der Waals surface area contributed by atoms with E-state index in [9.17, 15) is 4.79 Å². The summed E-state index contributed by atoms with van der Waals surface area (Å²) in [5.74, 6) is -2.27. The summed E-state index contributed by atoms with van der Waals surface area (Å²) in [5, 5.41) is 9.04. The lowest BCUT2D eigenvalue weighted by Crippen LogP contribution is -2.41. The average Bonchev–Trinajstić information content (AvgIpc) is 2.23. The van der Waals surface area contributed by atoms with E-state index in [1.807, 2.05) is 0 Å². The summed E-state index contributed by atoms with van der Waals surface area (Å²) < 4.78 is 67.4. The number of piperidine rings is 1. The van der Waals surface area contributed by atoms with E-state index in [0.29, 0.717) is 0 Å². The molecule has 0 N–H and O–H groups in total. The van der Waals surface area contributed by atoms with Crippen LogP contribution in [-0.4, -0.2) is 29.6 Å². The summed E-state index contributed by atoms with van der Waals surface area (Å²) in [5.41, 5.74) is -1.13. The van der Waals surface area contributed by atoms with Crippen molar-refractivity contribution in [2.45, 2.75) is 39.1 Å². The average molecular weight is 218 g/mol. The Kier molecular flexibility index (Phi) is 1.43. The van der Waals surface area contributed by atoms with Crippen molar-refractivity contribution in [2.24, 2.45) is 5.92 Å². The number of carbonyl (C=O) groups is 1. The van der Waals surface area contributed by atoms with Gasteiger partial charge in [-0.25, -0.2) is 4.79 Å². The molecule has 0 aromatic heterocycles. The van der Waals surface area contributed by atoms with Gasteiger partial charge in [0.25, 0.3) is 0 Å². The lowest BCUT2D eigenvalue weighted by atomic mass is 9.99. The Morgan fingerprint density at radius 3 is 2.47 bits per heavy atom. The predicted molar refractivity (Wildman–Crippen MR) is 56.1 cm³/mol. The van der Waals surface area contributed by atoms with Crippen LogP contribution < -0.4 is 0 Å². The molecule has 84 valence electrons. The van der Waals surface area contributed by atoms with E-state index in [1.165, 1.54) is 26.8 Å². The molecule has 1 heterocycles. The Hall–Kier alpha value is -1.24. The standard InChI is InChI=1S/C11H18N2O2/c1-11(2,3)15-10(14)13-6-4-9(8-12)5-7-13/h9H,4-7H2,1-3H3/i4D2,5D2,6D2,7D2. The number of hydrogen-bond donors (Lipinski definition) is 0. The van der Waals surface area contributed by atoms with Crippen LogP contribution in [-0.2, 0) is 4.74 Å². The van der Waals surface area contributed by atoms with E-state index < -0.39 is 43.4 Å². The van der Waals surface area contributed by atoms with Crippen LogP contribution in [0.1, 0.15) is 44.5 Å². The highest BCUT2D eigenvalue weighted by Crippen LogP contribution is 2.18. The minimum Gasteiger partial charge on any atom is -0.444 e. The van der Waals surface area contributed by atoms with Gasteiger partial charge in [-0.05, 0) is 33.5 Å². The lowest BCUT2D eigenvalue weighted by molar-refractivity contribution is 0.0199. The molecule has 0 aliphatic carbocycles. The van der Waals surface area contributed by atoms with Crippen molar-refractivity contribution < 1.29 is 20.5 Å². The molecule has 1 saturated heterocycles. The van der Waals surface area contributed by atoms with Gasteiger partial charge in [-0.1, -0.05) is 0 Å². The number of carbonyl (C=O) groups excluding carboxylic acids is 1. The first-order chi connectivity index (χ1) is 9.94. The van der Waals surface area contributed by atoms with E-state index in [1.54, 1.807) is 0 Å². The normalized spacial score (nSPS) is 39.7. The van der Waals surface area contributed by atoms with Gasteiger partial charge in [0.05, 0.1) is 6.07 Å². The van der Waals surface area contributed by atoms with Crippen LogP contribution in [0.2, 0.25) is 0 Å². The van der Waals surface area contributed by atoms with Gasteiger partial charge in [0.2, 0.25) is 0 Å². The molecular weight excluding hydrogens is 192 g/mol. The minimum atomic E-state index is -3.30. The topological polar surface area (TPSA) is 53.3 Å². The molecule has 0 unspecified atom stereocenters. The molecule has 1 fully saturated rings. The van der Waals surface area contributed by atoms with Gasteiger partial charge in [-0.15, -0.1) is 0 Å². The van der Waals surface area contributed by atoms with Crippen LogP contribution >= 0.6 is 0 Å². The molecule has 0 aromatic carbocycles. The van der Waals surface area contributed by atoms with Gasteiger partial charge in [0, 0.05) is 29.9 Å². The Bertz CT molecular complexity index is 521. The summed E-state index contributed by atoms with van der Waals surface area (Å²) in [6.45, 7) is -2.26. The summed E-state index contributed by atoms with van der Waals surface area (Å²) in [4.78, 5) is 12.0. The Labute approximate surface area is 102 Å². The van der Waals surface area contributed by atoms with Crippen molar-refractivity contribution in [2.75, 3.05) is 13.0 Å². The molecular formula is C11H18N2O2. The van der Waals surface area contributed by atoms with Crippen molar-refractivity contribution in [3.63, 3.8) is 0 Å². The second-order valence-electron chi connectivity index (χ2n) is 3.89. The molecule has 15 heavy (non-hydrogen) atoms. The second kappa shape index (κ2) is 4.52. The van der Waals surface area contributed by atoms with Crippen molar-refractivity contribution in [1.82, 2.24) is 4.90 Å². The van der Waals surface area contributed by atoms with E-state index in [0.717, 1.165) is 0 Å². The third-order valence-corrected chi connectivity index (χ3v) is 1.35. The van der Waals surface area contributed by atoms with Crippen molar-refractivity contribution >= 4 is 6.09 Å². The monoisotopic (exact) mass is 218 g/mol. The maximum absolute atomic E-state index is 12.2. The highest BCUT2D eigenvalue weighted by Gasteiger charge is 2.26. The highest BCUT2D eigenvalue weighted by atomic mass is 16.6. The summed E-state index contributed by atoms with van der Waals surface area (Å²) >= 11 is 0. The molecule has 0 aromatic rings. The molecule has 1 rings (SSSR count). The maximum atomic E-state index is 12.2. The molecule has 0 spiro atoms. The highest BCUT2D eigenvalue weighted by molar-refractivity contribution is 5.68. The minimum absolute atomic E-state index is 0.223. The third kappa shape index (κ3) is 3.78. The van der Waals surface area contributed by atoms with Gasteiger partial charge < -0.3 is 9.64 Å². The molecule has 0 bridgehead atoms. The number of nitriles is 1. The quantitative estimate of drug-likeness (QED) is 0.626. The fourth-order valence-corrected chi connectivity index (χ4v) is 0.786. The second-order valence-corrected chi connectivity index (χ2v) is 3.89. The molecule has 0 radical (unpaired) electrons. The van der Waals surface area contributed by atoms with Crippen molar-refractivity contribution in [1.29, 1.82) is 5.26 Å². The number of amides is 1. The smallest absolute Gasteiger partial charge is 0.410 e. The summed E-state index contributed by atoms with van der Waals surface area (Å²) in [6.07, 6.45) is -7.86. The van der Waals surface area contributed by atoms with E-state index in [4.69, 9.17) is 21.0 Å². The molecule has 4 heteroatoms. The molecule has 4 nitrogen and oxygen atoms in total. The SMILES string of the molecule is [2H]C1([2H])C(C#N)C([2H])([2H])C([2H])([2H])N(C(=O)OC(C)(C)C)C1([2H])[2H]. The van der Waals surface area contributed by atoms with Gasteiger partial charge in [0.1, 0.15) is 5.60 Å². The Morgan fingerprint density at radius 1 is 1.53 bits per heavy atom. The zero-order chi connectivity index (χ0) is 18.6. The van der Waals surface area contributed by atoms with Crippen molar-refractivity contribution in [3.8, 4) is 6.07 Å². The summed E-state index contributed by atoms with van der Waals surface area (Å²) in [6, 6.07) is 1.29. The third-order valence-electron chi connectivity index (χ3n) is 1.35. The van der Waals surface area contributed by atoms with Crippen LogP contribution in [0.4, 0.5) is 4.79 Å². The van der Waals surface area contributed by atoms with Crippen LogP contribution in [0.25, 0.3) is 0 Å². The van der Waals surface area contributed by atoms with Crippen LogP contribution in [0, 0.1) is 17.2 Å². The first-order valence-electron chi connectivity index (χ1n) is 8.37. The number of hydrogen-bond acceptors (Lipinski definition) is 3. The first kappa shape index (κ1) is 4.73. The fourth-order valence-electron chi connectivity index (χ4n) is 0.786.